The van der Waals surface area contributed by atoms with Crippen LogP contribution in [0.25, 0.3) is 0 Å². The number of benzene rings is 1. The lowest BCUT2D eigenvalue weighted by molar-refractivity contribution is 0.552. The second kappa shape index (κ2) is 5.85. The molecule has 0 saturated carbocycles. The molecule has 17 heavy (non-hydrogen) atoms. The number of hydrogen-bond acceptors (Lipinski definition) is 3. The van der Waals surface area contributed by atoms with Gasteiger partial charge >= 0.3 is 0 Å². The number of halogens is 2. The molecule has 1 unspecified atom stereocenters. The first-order chi connectivity index (χ1) is 8.19. The third kappa shape index (κ3) is 3.44. The normalized spacial score (nSPS) is 12.6. The molecule has 2 rings (SSSR count). The van der Waals surface area contributed by atoms with Gasteiger partial charge in [0.05, 0.1) is 6.04 Å². The molecule has 0 radical (unpaired) electrons. The summed E-state index contributed by atoms with van der Waals surface area (Å²) in [7, 11) is 0. The van der Waals surface area contributed by atoms with Crippen LogP contribution in [0.2, 0.25) is 10.0 Å². The highest BCUT2D eigenvalue weighted by Crippen LogP contribution is 2.25. The lowest BCUT2D eigenvalue weighted by Crippen LogP contribution is -2.29. The van der Waals surface area contributed by atoms with Crippen molar-refractivity contribution in [1.82, 2.24) is 5.43 Å². The SMILES string of the molecule is NNC(Cc1ccsc1)c1cc(Cl)cc(Cl)c1. The average Bonchev–Trinajstić information content (AvgIpc) is 2.77. The molecule has 0 saturated heterocycles. The van der Waals surface area contributed by atoms with Crippen molar-refractivity contribution < 1.29 is 0 Å². The number of hydrazine groups is 1. The molecule has 5 heteroatoms. The van der Waals surface area contributed by atoms with Crippen LogP contribution in [0.3, 0.4) is 0 Å². The van der Waals surface area contributed by atoms with E-state index in [0.29, 0.717) is 10.0 Å². The molecule has 90 valence electrons. The Labute approximate surface area is 114 Å². The van der Waals surface area contributed by atoms with Gasteiger partial charge in [0.2, 0.25) is 0 Å². The Hall–Kier alpha value is -0.580. The van der Waals surface area contributed by atoms with E-state index >= 15 is 0 Å². The summed E-state index contributed by atoms with van der Waals surface area (Å²) in [5, 5.41) is 5.40. The molecule has 0 aliphatic carbocycles. The van der Waals surface area contributed by atoms with Gasteiger partial charge < -0.3 is 0 Å². The van der Waals surface area contributed by atoms with Crippen molar-refractivity contribution in [3.63, 3.8) is 0 Å². The zero-order valence-electron chi connectivity index (χ0n) is 8.99. The number of nitrogens with one attached hydrogen (secondary N) is 1. The second-order valence-corrected chi connectivity index (χ2v) is 5.41. The van der Waals surface area contributed by atoms with Gasteiger partial charge in [-0.2, -0.15) is 11.3 Å². The van der Waals surface area contributed by atoms with E-state index in [-0.39, 0.29) is 6.04 Å². The highest BCUT2D eigenvalue weighted by molar-refractivity contribution is 7.07. The predicted octanol–water partition coefficient (Wildman–Crippen LogP) is 3.80. The maximum Gasteiger partial charge on any atom is 0.0501 e. The fraction of sp³-hybridized carbons (Fsp3) is 0.167. The lowest BCUT2D eigenvalue weighted by Gasteiger charge is -2.16. The van der Waals surface area contributed by atoms with Crippen LogP contribution >= 0.6 is 34.5 Å². The van der Waals surface area contributed by atoms with Gasteiger partial charge in [-0.25, -0.2) is 0 Å². The van der Waals surface area contributed by atoms with E-state index in [2.05, 4.69) is 16.9 Å². The molecule has 0 spiro atoms. The van der Waals surface area contributed by atoms with E-state index in [4.69, 9.17) is 29.0 Å². The molecular formula is C12H12Cl2N2S. The fourth-order valence-corrected chi connectivity index (χ4v) is 2.92. The Bertz CT molecular complexity index is 465. The van der Waals surface area contributed by atoms with Crippen LogP contribution in [-0.4, -0.2) is 0 Å². The van der Waals surface area contributed by atoms with Crippen molar-refractivity contribution in [2.75, 3.05) is 0 Å². The van der Waals surface area contributed by atoms with E-state index in [9.17, 15) is 0 Å². The largest absolute Gasteiger partial charge is 0.271 e. The maximum absolute atomic E-state index is 5.98. The van der Waals surface area contributed by atoms with E-state index in [1.165, 1.54) is 5.56 Å². The fourth-order valence-electron chi connectivity index (χ4n) is 1.69. The molecule has 0 amide bonds. The monoisotopic (exact) mass is 286 g/mol. The minimum absolute atomic E-state index is 0.0146. The smallest absolute Gasteiger partial charge is 0.0501 e. The highest BCUT2D eigenvalue weighted by Gasteiger charge is 2.12. The van der Waals surface area contributed by atoms with Gasteiger partial charge in [-0.15, -0.1) is 0 Å². The van der Waals surface area contributed by atoms with E-state index in [1.54, 1.807) is 17.4 Å². The molecule has 3 N–H and O–H groups in total. The molecule has 1 aromatic carbocycles. The molecule has 1 atom stereocenters. The van der Waals surface area contributed by atoms with E-state index < -0.39 is 0 Å². The van der Waals surface area contributed by atoms with Crippen LogP contribution in [-0.2, 0) is 6.42 Å². The topological polar surface area (TPSA) is 38.0 Å². The molecule has 0 fully saturated rings. The molecule has 1 heterocycles. The number of rotatable bonds is 4. The van der Waals surface area contributed by atoms with Crippen LogP contribution in [0.4, 0.5) is 0 Å². The van der Waals surface area contributed by atoms with Gasteiger partial charge in [0.25, 0.3) is 0 Å². The summed E-state index contributed by atoms with van der Waals surface area (Å²) in [5.74, 6) is 5.59. The van der Waals surface area contributed by atoms with Crippen LogP contribution in [0.5, 0.6) is 0 Å². The number of nitrogens with two attached hydrogens (primary N) is 1. The summed E-state index contributed by atoms with van der Waals surface area (Å²) in [4.78, 5) is 0. The molecular weight excluding hydrogens is 275 g/mol. The summed E-state index contributed by atoms with van der Waals surface area (Å²) >= 11 is 13.6. The second-order valence-electron chi connectivity index (χ2n) is 3.76. The molecule has 0 aliphatic rings. The van der Waals surface area contributed by atoms with Gasteiger partial charge in [-0.3, -0.25) is 11.3 Å². The Balaban J connectivity index is 2.22. The number of hydrogen-bond donors (Lipinski definition) is 2. The van der Waals surface area contributed by atoms with Crippen molar-refractivity contribution in [3.05, 3.63) is 56.2 Å². The number of thiophene rings is 1. The van der Waals surface area contributed by atoms with Crippen LogP contribution in [0.15, 0.2) is 35.0 Å². The van der Waals surface area contributed by atoms with Crippen molar-refractivity contribution in [3.8, 4) is 0 Å². The summed E-state index contributed by atoms with van der Waals surface area (Å²) in [6.07, 6.45) is 0.816. The molecule has 1 aromatic heterocycles. The minimum Gasteiger partial charge on any atom is -0.271 e. The van der Waals surface area contributed by atoms with Crippen LogP contribution < -0.4 is 11.3 Å². The standard InChI is InChI=1S/C12H12Cl2N2S/c13-10-4-9(5-11(14)6-10)12(16-15)3-8-1-2-17-7-8/h1-2,4-7,12,16H,3,15H2. The summed E-state index contributed by atoms with van der Waals surface area (Å²) in [6.45, 7) is 0. The third-order valence-electron chi connectivity index (χ3n) is 2.51. The van der Waals surface area contributed by atoms with Crippen LogP contribution in [0.1, 0.15) is 17.2 Å². The Morgan fingerprint density at radius 2 is 1.94 bits per heavy atom. The summed E-state index contributed by atoms with van der Waals surface area (Å²) in [6, 6.07) is 7.57. The minimum atomic E-state index is 0.0146. The van der Waals surface area contributed by atoms with Crippen LogP contribution in [0, 0.1) is 0 Å². The zero-order chi connectivity index (χ0) is 12.3. The average molecular weight is 287 g/mol. The van der Waals surface area contributed by atoms with Crippen molar-refractivity contribution in [2.45, 2.75) is 12.5 Å². The van der Waals surface area contributed by atoms with Gasteiger partial charge in [0.15, 0.2) is 0 Å². The third-order valence-corrected chi connectivity index (χ3v) is 3.68. The first-order valence-electron chi connectivity index (χ1n) is 5.12. The highest BCUT2D eigenvalue weighted by atomic mass is 35.5. The lowest BCUT2D eigenvalue weighted by atomic mass is 10.0. The Kier molecular flexibility index (Phi) is 4.42. The molecule has 2 aromatic rings. The first-order valence-corrected chi connectivity index (χ1v) is 6.82. The van der Waals surface area contributed by atoms with Gasteiger partial charge in [-0.05, 0) is 52.6 Å². The summed E-state index contributed by atoms with van der Waals surface area (Å²) < 4.78 is 0. The zero-order valence-corrected chi connectivity index (χ0v) is 11.3. The van der Waals surface area contributed by atoms with Gasteiger partial charge in [-0.1, -0.05) is 23.2 Å². The van der Waals surface area contributed by atoms with Gasteiger partial charge in [0, 0.05) is 10.0 Å². The molecule has 2 nitrogen and oxygen atoms in total. The quantitative estimate of drug-likeness (QED) is 0.663. The Morgan fingerprint density at radius 1 is 1.24 bits per heavy atom. The van der Waals surface area contributed by atoms with E-state index in [1.807, 2.05) is 17.5 Å². The maximum atomic E-state index is 5.98. The first kappa shape index (κ1) is 12.9. The van der Waals surface area contributed by atoms with Crippen molar-refractivity contribution in [1.29, 1.82) is 0 Å². The molecule has 0 aliphatic heterocycles. The van der Waals surface area contributed by atoms with E-state index in [0.717, 1.165) is 12.0 Å². The molecule has 0 bridgehead atoms. The predicted molar refractivity (Wildman–Crippen MR) is 74.5 cm³/mol. The Morgan fingerprint density at radius 3 is 2.47 bits per heavy atom. The summed E-state index contributed by atoms with van der Waals surface area (Å²) in [5.41, 5.74) is 5.04. The van der Waals surface area contributed by atoms with Crippen molar-refractivity contribution >= 4 is 34.5 Å². The van der Waals surface area contributed by atoms with Crippen molar-refractivity contribution in [2.24, 2.45) is 5.84 Å². The van der Waals surface area contributed by atoms with Gasteiger partial charge in [0.1, 0.15) is 0 Å².